The van der Waals surface area contributed by atoms with E-state index < -0.39 is 0 Å². The monoisotopic (exact) mass is 355 g/mol. The molecule has 0 saturated carbocycles. The van der Waals surface area contributed by atoms with E-state index in [-0.39, 0.29) is 18.3 Å². The molecule has 0 fully saturated rings. The summed E-state index contributed by atoms with van der Waals surface area (Å²) in [5.41, 5.74) is 2.50. The highest BCUT2D eigenvalue weighted by Crippen LogP contribution is 2.29. The largest absolute Gasteiger partial charge is 0.469 e. The molecule has 5 heteroatoms. The Morgan fingerprint density at radius 3 is 2.62 bits per heavy atom. The summed E-state index contributed by atoms with van der Waals surface area (Å²) < 4.78 is 10.4. The quantitative estimate of drug-likeness (QED) is 0.602. The molecule has 1 heterocycles. The van der Waals surface area contributed by atoms with E-state index in [0.717, 1.165) is 22.9 Å². The van der Waals surface area contributed by atoms with E-state index in [1.54, 1.807) is 20.2 Å². The molecule has 1 amide bonds. The second kappa shape index (κ2) is 8.57. The minimum Gasteiger partial charge on any atom is -0.469 e. The Balaban J connectivity index is 2.46. The van der Waals surface area contributed by atoms with Crippen LogP contribution in [0, 0.1) is 11.8 Å². The van der Waals surface area contributed by atoms with Crippen molar-refractivity contribution < 1.29 is 18.7 Å². The van der Waals surface area contributed by atoms with Gasteiger partial charge in [-0.2, -0.15) is 0 Å². The molecule has 0 aliphatic heterocycles. The zero-order valence-electron chi connectivity index (χ0n) is 16.0. The normalized spacial score (nSPS) is 11.6. The fraction of sp³-hybridized carbons (Fsp3) is 0.429. The smallest absolute Gasteiger partial charge is 0.306 e. The van der Waals surface area contributed by atoms with E-state index in [1.807, 2.05) is 6.07 Å². The van der Waals surface area contributed by atoms with Crippen molar-refractivity contribution in [3.8, 4) is 11.8 Å². The lowest BCUT2D eigenvalue weighted by Gasteiger charge is -2.09. The Morgan fingerprint density at radius 2 is 2.00 bits per heavy atom. The van der Waals surface area contributed by atoms with E-state index in [0.29, 0.717) is 23.7 Å². The van der Waals surface area contributed by atoms with Gasteiger partial charge in [-0.1, -0.05) is 25.7 Å². The van der Waals surface area contributed by atoms with Crippen LogP contribution in [0.3, 0.4) is 0 Å². The van der Waals surface area contributed by atoms with Crippen molar-refractivity contribution in [2.75, 3.05) is 21.2 Å². The maximum absolute atomic E-state index is 12.2. The van der Waals surface area contributed by atoms with Crippen LogP contribution in [0.25, 0.3) is 11.0 Å². The average Bonchev–Trinajstić information content (AvgIpc) is 3.07. The lowest BCUT2D eigenvalue weighted by atomic mass is 9.95. The second-order valence-electron chi connectivity index (χ2n) is 6.48. The summed E-state index contributed by atoms with van der Waals surface area (Å²) >= 11 is 0. The molecule has 0 saturated heterocycles. The maximum Gasteiger partial charge on any atom is 0.306 e. The number of rotatable bonds is 5. The number of nitrogens with zero attached hydrogens (tertiary/aromatic N) is 1. The number of carbonyl (C=O) groups excluding carboxylic acids is 2. The summed E-state index contributed by atoms with van der Waals surface area (Å²) in [5.74, 6) is 6.29. The molecule has 0 radical (unpaired) electrons. The summed E-state index contributed by atoms with van der Waals surface area (Å²) in [6, 6.07) is 5.83. The van der Waals surface area contributed by atoms with Gasteiger partial charge in [0.15, 0.2) is 11.3 Å². The molecular formula is C21H25NO4. The molecule has 2 rings (SSSR count). The predicted molar refractivity (Wildman–Crippen MR) is 101 cm³/mol. The van der Waals surface area contributed by atoms with Crippen molar-refractivity contribution >= 4 is 22.8 Å². The molecule has 5 nitrogen and oxygen atoms in total. The Morgan fingerprint density at radius 1 is 1.27 bits per heavy atom. The van der Waals surface area contributed by atoms with Crippen molar-refractivity contribution in [1.82, 2.24) is 4.90 Å². The summed E-state index contributed by atoms with van der Waals surface area (Å²) in [4.78, 5) is 24.9. The van der Waals surface area contributed by atoms with Crippen LogP contribution in [0.5, 0.6) is 0 Å². The minimum absolute atomic E-state index is 0.184. The summed E-state index contributed by atoms with van der Waals surface area (Å²) in [5, 5.41) is 0.866. The fourth-order valence-electron chi connectivity index (χ4n) is 2.54. The van der Waals surface area contributed by atoms with Gasteiger partial charge in [0.2, 0.25) is 0 Å². The highest BCUT2D eigenvalue weighted by Gasteiger charge is 2.17. The van der Waals surface area contributed by atoms with Gasteiger partial charge in [0.25, 0.3) is 5.91 Å². The SMILES string of the molecule is CCC(C)c1cc(C#CCCC(=O)OC)c2oc(C(=O)N(C)C)cc2c1. The van der Waals surface area contributed by atoms with Crippen LogP contribution >= 0.6 is 0 Å². The van der Waals surface area contributed by atoms with Gasteiger partial charge in [-0.25, -0.2) is 0 Å². The number of amides is 1. The van der Waals surface area contributed by atoms with Crippen LogP contribution in [0.15, 0.2) is 22.6 Å². The molecule has 1 unspecified atom stereocenters. The van der Waals surface area contributed by atoms with Gasteiger partial charge >= 0.3 is 5.97 Å². The third-order valence-electron chi connectivity index (χ3n) is 4.34. The molecule has 1 atom stereocenters. The molecule has 1 aromatic carbocycles. The van der Waals surface area contributed by atoms with Crippen molar-refractivity contribution in [3.05, 3.63) is 35.1 Å². The van der Waals surface area contributed by atoms with E-state index in [9.17, 15) is 9.59 Å². The number of hydrogen-bond donors (Lipinski definition) is 0. The highest BCUT2D eigenvalue weighted by atomic mass is 16.5. The van der Waals surface area contributed by atoms with E-state index in [2.05, 4.69) is 36.5 Å². The van der Waals surface area contributed by atoms with Crippen molar-refractivity contribution in [3.63, 3.8) is 0 Å². The van der Waals surface area contributed by atoms with Crippen LogP contribution < -0.4 is 0 Å². The first-order chi connectivity index (χ1) is 12.4. The molecule has 0 N–H and O–H groups in total. The van der Waals surface area contributed by atoms with Crippen LogP contribution in [-0.4, -0.2) is 38.0 Å². The van der Waals surface area contributed by atoms with E-state index >= 15 is 0 Å². The molecule has 0 aliphatic rings. The third kappa shape index (κ3) is 4.45. The van der Waals surface area contributed by atoms with Gasteiger partial charge in [0, 0.05) is 25.9 Å². The Hall–Kier alpha value is -2.74. The Labute approximate surface area is 154 Å². The zero-order chi connectivity index (χ0) is 19.3. The highest BCUT2D eigenvalue weighted by molar-refractivity contribution is 5.97. The van der Waals surface area contributed by atoms with Crippen LogP contribution in [0.4, 0.5) is 0 Å². The van der Waals surface area contributed by atoms with Gasteiger partial charge in [0.1, 0.15) is 0 Å². The molecule has 0 spiro atoms. The fourth-order valence-corrected chi connectivity index (χ4v) is 2.54. The summed E-state index contributed by atoms with van der Waals surface area (Å²) in [7, 11) is 4.74. The first kappa shape index (κ1) is 19.6. The number of hydrogen-bond acceptors (Lipinski definition) is 4. The van der Waals surface area contributed by atoms with Gasteiger partial charge in [-0.3, -0.25) is 9.59 Å². The number of benzene rings is 1. The topological polar surface area (TPSA) is 59.8 Å². The zero-order valence-corrected chi connectivity index (χ0v) is 16.0. The number of ether oxygens (including phenoxy) is 1. The van der Waals surface area contributed by atoms with Crippen molar-refractivity contribution in [1.29, 1.82) is 0 Å². The number of fused-ring (bicyclic) bond motifs is 1. The minimum atomic E-state index is -0.283. The lowest BCUT2D eigenvalue weighted by Crippen LogP contribution is -2.20. The Bertz CT molecular complexity index is 867. The van der Waals surface area contributed by atoms with E-state index in [1.165, 1.54) is 12.0 Å². The number of esters is 1. The summed E-state index contributed by atoms with van der Waals surface area (Å²) in [6.45, 7) is 4.29. The van der Waals surface area contributed by atoms with Gasteiger partial charge in [-0.05, 0) is 36.1 Å². The number of methoxy groups -OCH3 is 1. The summed E-state index contributed by atoms with van der Waals surface area (Å²) in [6.07, 6.45) is 1.66. The predicted octanol–water partition coefficient (Wildman–Crippen LogP) is 3.95. The molecule has 2 aromatic rings. The van der Waals surface area contributed by atoms with Crippen LogP contribution in [0.1, 0.15) is 60.7 Å². The standard InChI is InChI=1S/C21H25NO4/c1-6-14(2)16-11-15(9-7-8-10-19(23)25-5)20-17(12-16)13-18(26-20)21(24)22(3)4/h11-14H,6,8,10H2,1-5H3. The molecular weight excluding hydrogens is 330 g/mol. The average molecular weight is 355 g/mol. The first-order valence-electron chi connectivity index (χ1n) is 8.72. The van der Waals surface area contributed by atoms with Crippen LogP contribution in [0.2, 0.25) is 0 Å². The molecule has 0 aliphatic carbocycles. The third-order valence-corrected chi connectivity index (χ3v) is 4.34. The second-order valence-corrected chi connectivity index (χ2v) is 6.48. The molecule has 138 valence electrons. The molecule has 0 bridgehead atoms. The first-order valence-corrected chi connectivity index (χ1v) is 8.72. The maximum atomic E-state index is 12.2. The Kier molecular flexibility index (Phi) is 6.46. The van der Waals surface area contributed by atoms with Gasteiger partial charge < -0.3 is 14.1 Å². The molecule has 26 heavy (non-hydrogen) atoms. The van der Waals surface area contributed by atoms with Crippen LogP contribution in [-0.2, 0) is 9.53 Å². The van der Waals surface area contributed by atoms with Crippen molar-refractivity contribution in [2.24, 2.45) is 0 Å². The lowest BCUT2D eigenvalue weighted by molar-refractivity contribution is -0.140. The number of carbonyl (C=O) groups is 2. The van der Waals surface area contributed by atoms with Crippen molar-refractivity contribution in [2.45, 2.75) is 39.0 Å². The van der Waals surface area contributed by atoms with Gasteiger partial charge in [-0.15, -0.1) is 0 Å². The molecule has 1 aromatic heterocycles. The van der Waals surface area contributed by atoms with Gasteiger partial charge in [0.05, 0.1) is 19.1 Å². The number of furan rings is 1. The van der Waals surface area contributed by atoms with E-state index in [4.69, 9.17) is 4.42 Å².